The van der Waals surface area contributed by atoms with E-state index < -0.39 is 5.82 Å². The number of rotatable bonds is 3. The molecule has 1 aliphatic heterocycles. The average molecular weight is 378 g/mol. The lowest BCUT2D eigenvalue weighted by Gasteiger charge is -2.34. The molecule has 0 aliphatic carbocycles. The van der Waals surface area contributed by atoms with E-state index in [-0.39, 0.29) is 24.1 Å². The number of nitrogens with one attached hydrogen (secondary N) is 1. The molecule has 28 heavy (non-hydrogen) atoms. The first-order chi connectivity index (χ1) is 13.5. The van der Waals surface area contributed by atoms with Crippen molar-refractivity contribution in [1.82, 2.24) is 15.1 Å². The number of aromatic nitrogens is 2. The molecule has 2 aromatic carbocycles. The van der Waals surface area contributed by atoms with Crippen LogP contribution in [0, 0.1) is 12.7 Å². The topological polar surface area (TPSA) is 69.3 Å². The number of aromatic amines is 1. The molecule has 1 aliphatic rings. The number of halogens is 1. The molecule has 0 atom stereocenters. The number of H-pyrrole nitrogens is 1. The van der Waals surface area contributed by atoms with Gasteiger partial charge in [0.2, 0.25) is 5.91 Å². The van der Waals surface area contributed by atoms with Gasteiger partial charge in [-0.05, 0) is 37.3 Å². The average Bonchev–Trinajstić information content (AvgIpc) is 3.18. The Labute approximate surface area is 161 Å². The minimum absolute atomic E-state index is 0.0131. The van der Waals surface area contributed by atoms with E-state index >= 15 is 0 Å². The van der Waals surface area contributed by atoms with Gasteiger partial charge in [-0.2, -0.15) is 5.10 Å². The molecular formula is C21H19FN4O2. The fourth-order valence-corrected chi connectivity index (χ4v) is 3.25. The molecule has 4 rings (SSSR count). The normalized spacial score (nSPS) is 14.4. The summed E-state index contributed by atoms with van der Waals surface area (Å²) < 4.78 is 13.9. The zero-order valence-corrected chi connectivity index (χ0v) is 15.4. The van der Waals surface area contributed by atoms with Crippen molar-refractivity contribution in [2.75, 3.05) is 24.5 Å². The van der Waals surface area contributed by atoms with E-state index in [4.69, 9.17) is 0 Å². The van der Waals surface area contributed by atoms with Crippen LogP contribution >= 0.6 is 0 Å². The summed E-state index contributed by atoms with van der Waals surface area (Å²) in [6, 6.07) is 15.5. The number of hydrogen-bond donors (Lipinski definition) is 1. The number of hydrogen-bond acceptors (Lipinski definition) is 3. The molecule has 0 spiro atoms. The zero-order chi connectivity index (χ0) is 19.7. The van der Waals surface area contributed by atoms with Gasteiger partial charge in [0.15, 0.2) is 0 Å². The molecule has 0 bridgehead atoms. The molecule has 0 unspecified atom stereocenters. The van der Waals surface area contributed by atoms with Crippen LogP contribution in [-0.4, -0.2) is 46.5 Å². The predicted octanol–water partition coefficient (Wildman–Crippen LogP) is 3.01. The van der Waals surface area contributed by atoms with Gasteiger partial charge in [0.05, 0.1) is 5.69 Å². The van der Waals surface area contributed by atoms with Gasteiger partial charge in [-0.15, -0.1) is 0 Å². The minimum atomic E-state index is -0.408. The third-order valence-electron chi connectivity index (χ3n) is 4.81. The second-order valence-corrected chi connectivity index (χ2v) is 6.75. The van der Waals surface area contributed by atoms with Crippen molar-refractivity contribution in [1.29, 1.82) is 0 Å². The van der Waals surface area contributed by atoms with E-state index in [1.54, 1.807) is 23.1 Å². The Morgan fingerprint density at radius 1 is 1.11 bits per heavy atom. The minimum Gasteiger partial charge on any atom is -0.326 e. The van der Waals surface area contributed by atoms with Gasteiger partial charge in [0.25, 0.3) is 5.91 Å². The Bertz CT molecular complexity index is 1030. The Hall–Kier alpha value is -3.48. The molecule has 142 valence electrons. The van der Waals surface area contributed by atoms with Gasteiger partial charge in [-0.1, -0.05) is 29.8 Å². The first-order valence-corrected chi connectivity index (χ1v) is 8.99. The van der Waals surface area contributed by atoms with Crippen LogP contribution in [0.3, 0.4) is 0 Å². The zero-order valence-electron chi connectivity index (χ0n) is 15.4. The molecule has 1 aromatic heterocycles. The van der Waals surface area contributed by atoms with E-state index in [2.05, 4.69) is 10.2 Å². The number of carbonyl (C=O) groups excluding carboxylic acids is 2. The van der Waals surface area contributed by atoms with Crippen LogP contribution in [0.1, 0.15) is 16.1 Å². The van der Waals surface area contributed by atoms with Gasteiger partial charge in [0.1, 0.15) is 18.1 Å². The maximum atomic E-state index is 13.9. The van der Waals surface area contributed by atoms with E-state index in [9.17, 15) is 14.0 Å². The van der Waals surface area contributed by atoms with Crippen molar-refractivity contribution < 1.29 is 14.0 Å². The van der Waals surface area contributed by atoms with Crippen molar-refractivity contribution >= 4 is 17.5 Å². The number of carbonyl (C=O) groups is 2. The molecule has 7 heteroatoms. The first kappa shape index (κ1) is 17.9. The van der Waals surface area contributed by atoms with Gasteiger partial charge in [-0.25, -0.2) is 4.39 Å². The highest BCUT2D eigenvalue weighted by atomic mass is 19.1. The number of nitrogens with zero attached hydrogens (tertiary/aromatic N) is 3. The van der Waals surface area contributed by atoms with Crippen molar-refractivity contribution in [3.05, 3.63) is 71.7 Å². The van der Waals surface area contributed by atoms with E-state index in [0.29, 0.717) is 24.3 Å². The van der Waals surface area contributed by atoms with Crippen LogP contribution in [0.4, 0.5) is 10.1 Å². The van der Waals surface area contributed by atoms with Gasteiger partial charge in [-0.3, -0.25) is 14.7 Å². The van der Waals surface area contributed by atoms with Gasteiger partial charge in [0, 0.05) is 24.3 Å². The lowest BCUT2D eigenvalue weighted by atomic mass is 10.1. The number of anilines is 1. The van der Waals surface area contributed by atoms with E-state index in [1.165, 1.54) is 17.0 Å². The summed E-state index contributed by atoms with van der Waals surface area (Å²) in [6.07, 6.45) is 0. The van der Waals surface area contributed by atoms with Gasteiger partial charge < -0.3 is 9.80 Å². The second-order valence-electron chi connectivity index (χ2n) is 6.75. The summed E-state index contributed by atoms with van der Waals surface area (Å²) in [5.74, 6) is -0.876. The van der Waals surface area contributed by atoms with Gasteiger partial charge >= 0.3 is 0 Å². The molecule has 1 fully saturated rings. The molecule has 0 radical (unpaired) electrons. The van der Waals surface area contributed by atoms with Crippen molar-refractivity contribution in [3.8, 4) is 11.3 Å². The quantitative estimate of drug-likeness (QED) is 0.762. The maximum Gasteiger partial charge on any atom is 0.272 e. The predicted molar refractivity (Wildman–Crippen MR) is 103 cm³/mol. The molecule has 0 saturated carbocycles. The summed E-state index contributed by atoms with van der Waals surface area (Å²) in [5, 5.41) is 6.70. The third-order valence-corrected chi connectivity index (χ3v) is 4.81. The Kier molecular flexibility index (Phi) is 4.65. The summed E-state index contributed by atoms with van der Waals surface area (Å²) in [5.41, 5.74) is 2.85. The van der Waals surface area contributed by atoms with Crippen molar-refractivity contribution in [2.45, 2.75) is 6.92 Å². The largest absolute Gasteiger partial charge is 0.326 e. The molecular weight excluding hydrogens is 359 g/mol. The van der Waals surface area contributed by atoms with Crippen molar-refractivity contribution in [3.63, 3.8) is 0 Å². The Morgan fingerprint density at radius 2 is 1.86 bits per heavy atom. The number of piperazine rings is 1. The highest BCUT2D eigenvalue weighted by molar-refractivity contribution is 6.01. The second kappa shape index (κ2) is 7.26. The fraction of sp³-hybridized carbons (Fsp3) is 0.190. The van der Waals surface area contributed by atoms with Crippen LogP contribution in [0.2, 0.25) is 0 Å². The fourth-order valence-electron chi connectivity index (χ4n) is 3.25. The summed E-state index contributed by atoms with van der Waals surface area (Å²) in [7, 11) is 0. The number of aryl methyl sites for hydroxylation is 1. The summed E-state index contributed by atoms with van der Waals surface area (Å²) in [4.78, 5) is 28.5. The highest BCUT2D eigenvalue weighted by Crippen LogP contribution is 2.22. The van der Waals surface area contributed by atoms with Crippen molar-refractivity contribution in [2.24, 2.45) is 0 Å². The highest BCUT2D eigenvalue weighted by Gasteiger charge is 2.29. The third kappa shape index (κ3) is 3.38. The van der Waals surface area contributed by atoms with E-state index in [0.717, 1.165) is 11.3 Å². The SMILES string of the molecule is Cc1ccc(N2CCN(C(=O)c3cc(-c4ccccc4F)n[nH]3)CC2=O)cc1. The standard InChI is InChI=1S/C21H19FN4O2/c1-14-6-8-15(9-7-14)26-11-10-25(13-20(26)27)21(28)19-12-18(23-24-19)16-4-2-3-5-17(16)22/h2-9,12H,10-11,13H2,1H3,(H,23,24). The van der Waals surface area contributed by atoms with Crippen LogP contribution < -0.4 is 4.90 Å². The Balaban J connectivity index is 1.47. The smallest absolute Gasteiger partial charge is 0.272 e. The molecule has 3 aromatic rings. The number of amides is 2. The monoisotopic (exact) mass is 378 g/mol. The maximum absolute atomic E-state index is 13.9. The molecule has 1 saturated heterocycles. The van der Waals surface area contributed by atoms with Crippen LogP contribution in [0.5, 0.6) is 0 Å². The lowest BCUT2D eigenvalue weighted by molar-refractivity contribution is -0.120. The summed E-state index contributed by atoms with van der Waals surface area (Å²) >= 11 is 0. The number of benzene rings is 2. The molecule has 6 nitrogen and oxygen atoms in total. The molecule has 2 heterocycles. The van der Waals surface area contributed by atoms with E-state index in [1.807, 2.05) is 31.2 Å². The Morgan fingerprint density at radius 3 is 2.57 bits per heavy atom. The molecule has 1 N–H and O–H groups in total. The summed E-state index contributed by atoms with van der Waals surface area (Å²) in [6.45, 7) is 2.80. The lowest BCUT2D eigenvalue weighted by Crippen LogP contribution is -2.52. The first-order valence-electron chi connectivity index (χ1n) is 8.99. The van der Waals surface area contributed by atoms with Crippen LogP contribution in [0.25, 0.3) is 11.3 Å². The molecule has 2 amide bonds. The van der Waals surface area contributed by atoms with Crippen LogP contribution in [0.15, 0.2) is 54.6 Å². The van der Waals surface area contributed by atoms with Crippen LogP contribution in [-0.2, 0) is 4.79 Å².